The summed E-state index contributed by atoms with van der Waals surface area (Å²) in [6.45, 7) is 17.6. The summed E-state index contributed by atoms with van der Waals surface area (Å²) in [6, 6.07) is 0. The van der Waals surface area contributed by atoms with Crippen LogP contribution < -0.4 is 16.0 Å². The Morgan fingerprint density at radius 3 is 1.25 bits per heavy atom. The van der Waals surface area contributed by atoms with Gasteiger partial charge in [-0.05, 0) is 41.5 Å². The van der Waals surface area contributed by atoms with Gasteiger partial charge in [-0.15, -0.1) is 0 Å². The SMILES string of the molecule is CN(C=O)CC(=O)N(C)CC(=O)N(C)CC(=O)NCCOCCOCCOCCOCCOCCOCCN(CCNC(=O)OC(C)(C)C)CCNC(=O)OC(C)(C)C. The van der Waals surface area contributed by atoms with Crippen LogP contribution in [-0.4, -0.2) is 226 Å². The predicted molar refractivity (Wildman–Crippen MR) is 217 cm³/mol. The summed E-state index contributed by atoms with van der Waals surface area (Å²) < 4.78 is 43.8. The molecule has 0 aliphatic heterocycles. The van der Waals surface area contributed by atoms with E-state index in [1.165, 1.54) is 35.8 Å². The van der Waals surface area contributed by atoms with E-state index in [0.29, 0.717) is 112 Å². The molecule has 0 atom stereocenters. The molecule has 59 heavy (non-hydrogen) atoms. The molecule has 0 fully saturated rings. The molecule has 0 aromatic rings. The van der Waals surface area contributed by atoms with Gasteiger partial charge in [0.05, 0.1) is 98.9 Å². The number of hydrogen-bond acceptors (Lipinski definition) is 15. The van der Waals surface area contributed by atoms with Crippen LogP contribution in [0, 0.1) is 0 Å². The first-order valence-electron chi connectivity index (χ1n) is 19.9. The number of alkyl carbamates (subject to hydrolysis) is 2. The zero-order valence-corrected chi connectivity index (χ0v) is 36.9. The normalized spacial score (nSPS) is 11.5. The van der Waals surface area contributed by atoms with E-state index in [-0.39, 0.29) is 38.7 Å². The summed E-state index contributed by atoms with van der Waals surface area (Å²) in [6.07, 6.45) is -0.453. The summed E-state index contributed by atoms with van der Waals surface area (Å²) in [4.78, 5) is 76.7. The minimum Gasteiger partial charge on any atom is -0.444 e. The van der Waals surface area contributed by atoms with Gasteiger partial charge in [-0.2, -0.15) is 0 Å². The fourth-order valence-electron chi connectivity index (χ4n) is 4.40. The van der Waals surface area contributed by atoms with Gasteiger partial charge in [0.2, 0.25) is 24.1 Å². The van der Waals surface area contributed by atoms with Crippen molar-refractivity contribution < 1.29 is 66.7 Å². The Hall–Kier alpha value is -3.86. The van der Waals surface area contributed by atoms with Gasteiger partial charge in [0, 0.05) is 60.4 Å². The van der Waals surface area contributed by atoms with Crippen molar-refractivity contribution in [3.05, 3.63) is 0 Å². The molecule has 0 heterocycles. The van der Waals surface area contributed by atoms with Gasteiger partial charge in [0.1, 0.15) is 11.2 Å². The highest BCUT2D eigenvalue weighted by Crippen LogP contribution is 2.07. The number of nitrogens with zero attached hydrogens (tertiary/aromatic N) is 4. The van der Waals surface area contributed by atoms with Crippen LogP contribution >= 0.6 is 0 Å². The third-order valence-electron chi connectivity index (χ3n) is 7.34. The van der Waals surface area contributed by atoms with Crippen LogP contribution in [0.1, 0.15) is 41.5 Å². The maximum atomic E-state index is 12.3. The highest BCUT2D eigenvalue weighted by molar-refractivity contribution is 5.88. The van der Waals surface area contributed by atoms with Crippen LogP contribution in [0.15, 0.2) is 0 Å². The Labute approximate surface area is 350 Å². The van der Waals surface area contributed by atoms with Gasteiger partial charge < -0.3 is 68.5 Å². The third-order valence-corrected chi connectivity index (χ3v) is 7.34. The maximum absolute atomic E-state index is 12.3. The van der Waals surface area contributed by atoms with E-state index in [0.717, 1.165) is 0 Å². The number of carbonyl (C=O) groups excluding carboxylic acids is 6. The molecule has 0 saturated carbocycles. The Bertz CT molecular complexity index is 1150. The van der Waals surface area contributed by atoms with Crippen LogP contribution in [-0.2, 0) is 57.1 Å². The molecule has 0 spiro atoms. The van der Waals surface area contributed by atoms with Crippen LogP contribution in [0.5, 0.6) is 0 Å². The Morgan fingerprint density at radius 2 is 0.847 bits per heavy atom. The average molecular weight is 852 g/mol. The van der Waals surface area contributed by atoms with Crippen molar-refractivity contribution in [2.45, 2.75) is 52.7 Å². The fraction of sp³-hybridized carbons (Fsp3) is 0.842. The van der Waals surface area contributed by atoms with Crippen LogP contribution in [0.4, 0.5) is 9.59 Å². The molecule has 3 N–H and O–H groups in total. The van der Waals surface area contributed by atoms with Crippen molar-refractivity contribution in [2.75, 3.05) is 159 Å². The van der Waals surface area contributed by atoms with Crippen molar-refractivity contribution >= 4 is 36.3 Å². The van der Waals surface area contributed by atoms with Crippen LogP contribution in [0.2, 0.25) is 0 Å². The van der Waals surface area contributed by atoms with Gasteiger partial charge in [-0.1, -0.05) is 0 Å². The second-order valence-corrected chi connectivity index (χ2v) is 15.2. The smallest absolute Gasteiger partial charge is 0.407 e. The highest BCUT2D eigenvalue weighted by Gasteiger charge is 2.20. The van der Waals surface area contributed by atoms with Crippen molar-refractivity contribution in [2.24, 2.45) is 0 Å². The van der Waals surface area contributed by atoms with Crippen molar-refractivity contribution in [1.82, 2.24) is 35.6 Å². The lowest BCUT2D eigenvalue weighted by Crippen LogP contribution is -2.45. The first-order valence-corrected chi connectivity index (χ1v) is 19.9. The predicted octanol–water partition coefficient (Wildman–Crippen LogP) is -0.441. The molecular weight excluding hydrogens is 778 g/mol. The van der Waals surface area contributed by atoms with Crippen molar-refractivity contribution in [1.29, 1.82) is 0 Å². The molecule has 21 nitrogen and oxygen atoms in total. The summed E-state index contributed by atoms with van der Waals surface area (Å²) in [5.74, 6) is -1.17. The molecule has 0 unspecified atom stereocenters. The van der Waals surface area contributed by atoms with E-state index < -0.39 is 35.2 Å². The van der Waals surface area contributed by atoms with Gasteiger partial charge in [0.15, 0.2) is 0 Å². The number of amides is 6. The molecule has 0 aliphatic rings. The first kappa shape index (κ1) is 55.1. The lowest BCUT2D eigenvalue weighted by Gasteiger charge is -2.24. The second-order valence-electron chi connectivity index (χ2n) is 15.2. The number of nitrogens with one attached hydrogen (secondary N) is 3. The summed E-state index contributed by atoms with van der Waals surface area (Å²) in [7, 11) is 4.38. The standard InChI is InChI=1S/C38H73N7O14/c1-37(2,3)58-35(50)40-10-13-45(14-11-41-36(51)59-38(4,5)6)15-17-53-19-21-55-23-25-57-27-26-56-24-22-54-20-18-52-16-12-39-32(47)28-43(8)34(49)30-44(9)33(48)29-42(7)31-46/h31H,10-30H2,1-9H3,(H,39,47)(H,40,50)(H,41,51). The summed E-state index contributed by atoms with van der Waals surface area (Å²) in [5.41, 5.74) is -1.17. The summed E-state index contributed by atoms with van der Waals surface area (Å²) >= 11 is 0. The van der Waals surface area contributed by atoms with Gasteiger partial charge in [-0.3, -0.25) is 24.1 Å². The Morgan fingerprint density at radius 1 is 0.475 bits per heavy atom. The molecule has 0 bridgehead atoms. The van der Waals surface area contributed by atoms with E-state index in [9.17, 15) is 28.8 Å². The number of rotatable bonds is 34. The molecule has 0 aromatic carbocycles. The zero-order chi connectivity index (χ0) is 44.5. The van der Waals surface area contributed by atoms with Crippen molar-refractivity contribution in [3.8, 4) is 0 Å². The number of hydrogen-bond donors (Lipinski definition) is 3. The second kappa shape index (κ2) is 32.9. The van der Waals surface area contributed by atoms with E-state index in [1.54, 1.807) is 41.5 Å². The molecular formula is C38H73N7O14. The number of carbonyl (C=O) groups is 6. The van der Waals surface area contributed by atoms with Crippen LogP contribution in [0.3, 0.4) is 0 Å². The molecule has 6 amide bonds. The number of ether oxygens (including phenoxy) is 8. The quantitative estimate of drug-likeness (QED) is 0.0551. The highest BCUT2D eigenvalue weighted by atomic mass is 16.6. The zero-order valence-electron chi connectivity index (χ0n) is 36.9. The Balaban J connectivity index is 3.83. The molecule has 0 rings (SSSR count). The van der Waals surface area contributed by atoms with Crippen LogP contribution in [0.25, 0.3) is 0 Å². The maximum Gasteiger partial charge on any atom is 0.407 e. The molecule has 21 heteroatoms. The van der Waals surface area contributed by atoms with E-state index >= 15 is 0 Å². The fourth-order valence-corrected chi connectivity index (χ4v) is 4.40. The van der Waals surface area contributed by atoms with Crippen molar-refractivity contribution in [3.63, 3.8) is 0 Å². The average Bonchev–Trinajstić information content (AvgIpc) is 3.13. The lowest BCUT2D eigenvalue weighted by atomic mass is 10.2. The van der Waals surface area contributed by atoms with E-state index in [4.69, 9.17) is 37.9 Å². The van der Waals surface area contributed by atoms with Gasteiger partial charge in [-0.25, -0.2) is 9.59 Å². The molecule has 344 valence electrons. The van der Waals surface area contributed by atoms with E-state index in [1.807, 2.05) is 0 Å². The minimum absolute atomic E-state index is 0.142. The Kier molecular flexibility index (Phi) is 30.8. The monoisotopic (exact) mass is 852 g/mol. The summed E-state index contributed by atoms with van der Waals surface area (Å²) in [5, 5.41) is 8.16. The molecule has 0 radical (unpaired) electrons. The third kappa shape index (κ3) is 35.8. The lowest BCUT2D eigenvalue weighted by molar-refractivity contribution is -0.141. The molecule has 0 aromatic heterocycles. The van der Waals surface area contributed by atoms with Gasteiger partial charge >= 0.3 is 12.2 Å². The van der Waals surface area contributed by atoms with E-state index in [2.05, 4.69) is 20.9 Å². The minimum atomic E-state index is -0.586. The number of likely N-dealkylation sites (N-methyl/N-ethyl adjacent to an activating group) is 3. The topological polar surface area (TPSA) is 225 Å². The first-order chi connectivity index (χ1) is 27.8. The van der Waals surface area contributed by atoms with Gasteiger partial charge in [0.25, 0.3) is 0 Å². The molecule has 0 saturated heterocycles. The molecule has 0 aliphatic carbocycles. The largest absolute Gasteiger partial charge is 0.444 e.